The second-order valence-corrected chi connectivity index (χ2v) is 8.15. The summed E-state index contributed by atoms with van der Waals surface area (Å²) in [5.74, 6) is 0.931. The Morgan fingerprint density at radius 3 is 2.71 bits per heavy atom. The quantitative estimate of drug-likeness (QED) is 0.659. The summed E-state index contributed by atoms with van der Waals surface area (Å²) < 4.78 is 0. The number of benzene rings is 1. The minimum absolute atomic E-state index is 0.0585. The first-order chi connectivity index (χ1) is 11.6. The van der Waals surface area contributed by atoms with Crippen molar-refractivity contribution in [3.8, 4) is 0 Å². The molecule has 0 aromatic heterocycles. The molecule has 1 amide bonds. The lowest BCUT2D eigenvalue weighted by Gasteiger charge is -2.20. The van der Waals surface area contributed by atoms with E-state index in [1.807, 2.05) is 0 Å². The van der Waals surface area contributed by atoms with E-state index in [0.717, 1.165) is 6.42 Å². The zero-order valence-corrected chi connectivity index (χ0v) is 14.5. The average Bonchev–Trinajstić information content (AvgIpc) is 3.25. The van der Waals surface area contributed by atoms with Crippen molar-refractivity contribution in [1.29, 1.82) is 0 Å². The Morgan fingerprint density at radius 1 is 1.25 bits per heavy atom. The van der Waals surface area contributed by atoms with E-state index < -0.39 is 5.25 Å². The van der Waals surface area contributed by atoms with Crippen molar-refractivity contribution in [1.82, 2.24) is 5.32 Å². The van der Waals surface area contributed by atoms with E-state index in [4.69, 9.17) is 11.6 Å². The molecule has 1 saturated carbocycles. The summed E-state index contributed by atoms with van der Waals surface area (Å²) in [5.41, 5.74) is 0.576. The average molecular weight is 361 g/mol. The van der Waals surface area contributed by atoms with E-state index in [2.05, 4.69) is 22.5 Å². The summed E-state index contributed by atoms with van der Waals surface area (Å²) in [7, 11) is 0. The molecule has 124 valence electrons. The number of aliphatic imine (C=N–C) groups is 1. The van der Waals surface area contributed by atoms with Gasteiger partial charge in [-0.25, -0.2) is 0 Å². The Kier molecular flexibility index (Phi) is 4.22. The van der Waals surface area contributed by atoms with E-state index in [1.165, 1.54) is 18.2 Å². The number of carbonyl (C=O) groups is 2. The van der Waals surface area contributed by atoms with Crippen molar-refractivity contribution in [3.05, 3.63) is 47.0 Å². The number of hydrogen-bond acceptors (Lipinski definition) is 4. The predicted octanol–water partition coefficient (Wildman–Crippen LogP) is 3.47. The van der Waals surface area contributed by atoms with Gasteiger partial charge in [0.25, 0.3) is 5.91 Å². The topological polar surface area (TPSA) is 58.5 Å². The molecule has 0 saturated heterocycles. The third-order valence-electron chi connectivity index (χ3n) is 4.87. The highest BCUT2D eigenvalue weighted by Crippen LogP contribution is 2.39. The van der Waals surface area contributed by atoms with Gasteiger partial charge in [0.2, 0.25) is 0 Å². The molecular formula is C18H17ClN2O2S. The van der Waals surface area contributed by atoms with Gasteiger partial charge in [0.15, 0.2) is 11.0 Å². The lowest BCUT2D eigenvalue weighted by Crippen LogP contribution is -2.35. The molecule has 1 aliphatic heterocycles. The summed E-state index contributed by atoms with van der Waals surface area (Å²) in [6.45, 7) is 0. The minimum atomic E-state index is -0.426. The normalized spacial score (nSPS) is 30.7. The molecule has 4 nitrogen and oxygen atoms in total. The van der Waals surface area contributed by atoms with Crippen LogP contribution in [-0.4, -0.2) is 28.1 Å². The zero-order valence-electron chi connectivity index (χ0n) is 12.9. The smallest absolute Gasteiger partial charge is 0.262 e. The molecule has 4 unspecified atom stereocenters. The van der Waals surface area contributed by atoms with Crippen LogP contribution in [0.3, 0.4) is 0 Å². The first-order valence-electron chi connectivity index (χ1n) is 8.11. The Hall–Kier alpha value is -1.59. The molecule has 4 rings (SSSR count). The minimum Gasteiger partial charge on any atom is -0.361 e. The van der Waals surface area contributed by atoms with Crippen LogP contribution in [0.1, 0.15) is 29.6 Å². The van der Waals surface area contributed by atoms with Crippen molar-refractivity contribution in [3.63, 3.8) is 0 Å². The fourth-order valence-corrected chi connectivity index (χ4v) is 4.75. The largest absolute Gasteiger partial charge is 0.361 e. The lowest BCUT2D eigenvalue weighted by molar-refractivity contribution is -0.117. The molecule has 1 heterocycles. The lowest BCUT2D eigenvalue weighted by atomic mass is 10.0. The number of amidine groups is 1. The van der Waals surface area contributed by atoms with E-state index in [-0.39, 0.29) is 18.1 Å². The number of allylic oxidation sites excluding steroid dienone is 1. The van der Waals surface area contributed by atoms with E-state index >= 15 is 0 Å². The second kappa shape index (κ2) is 6.37. The van der Waals surface area contributed by atoms with Crippen LogP contribution in [0, 0.1) is 11.8 Å². The van der Waals surface area contributed by atoms with Crippen LogP contribution in [0.4, 0.5) is 0 Å². The maximum absolute atomic E-state index is 12.3. The van der Waals surface area contributed by atoms with Gasteiger partial charge >= 0.3 is 0 Å². The number of amides is 1. The maximum Gasteiger partial charge on any atom is 0.262 e. The molecule has 2 aliphatic carbocycles. The Bertz CT molecular complexity index is 744. The highest BCUT2D eigenvalue weighted by atomic mass is 35.5. The second-order valence-electron chi connectivity index (χ2n) is 6.53. The Balaban J connectivity index is 1.35. The molecule has 0 radical (unpaired) electrons. The van der Waals surface area contributed by atoms with Crippen molar-refractivity contribution < 1.29 is 9.59 Å². The zero-order chi connectivity index (χ0) is 16.7. The number of carbonyl (C=O) groups excluding carboxylic acids is 2. The van der Waals surface area contributed by atoms with Gasteiger partial charge in [-0.05, 0) is 48.9 Å². The number of Topliss-reactive ketones (excluding diaryl/α,β-unsaturated/α-hetero) is 1. The number of halogens is 1. The number of thioether (sulfide) groups is 1. The van der Waals surface area contributed by atoms with E-state index in [1.54, 1.807) is 24.3 Å². The summed E-state index contributed by atoms with van der Waals surface area (Å²) in [4.78, 5) is 28.5. The fourth-order valence-electron chi connectivity index (χ4n) is 3.61. The van der Waals surface area contributed by atoms with Gasteiger partial charge in [0.1, 0.15) is 5.25 Å². The summed E-state index contributed by atoms with van der Waals surface area (Å²) >= 11 is 7.21. The highest BCUT2D eigenvalue weighted by molar-refractivity contribution is 8.15. The predicted molar refractivity (Wildman–Crippen MR) is 96.5 cm³/mol. The molecule has 1 fully saturated rings. The van der Waals surface area contributed by atoms with Crippen molar-refractivity contribution >= 4 is 40.2 Å². The molecule has 1 N–H and O–H groups in total. The standard InChI is InChI=1S/C18H17ClN2O2S/c19-13-5-3-11(4-6-13)15(22)9-16-17(23)21-18(24-16)20-14-8-10-1-2-12(14)7-10/h1-6,10,12,14,16H,7-9H2,(H,20,21,23). The third kappa shape index (κ3) is 3.15. The van der Waals surface area contributed by atoms with Gasteiger partial charge in [0, 0.05) is 23.0 Å². The summed E-state index contributed by atoms with van der Waals surface area (Å²) in [6.07, 6.45) is 7.00. The van der Waals surface area contributed by atoms with Crippen LogP contribution in [-0.2, 0) is 4.79 Å². The molecule has 0 spiro atoms. The SMILES string of the molecule is O=C(CC1SC(NC2CC3C=CC2C3)=NC1=O)c1ccc(Cl)cc1. The number of fused-ring (bicyclic) bond motifs is 2. The van der Waals surface area contributed by atoms with Gasteiger partial charge < -0.3 is 5.32 Å². The van der Waals surface area contributed by atoms with Crippen molar-refractivity contribution in [2.24, 2.45) is 16.8 Å². The summed E-state index contributed by atoms with van der Waals surface area (Å²) in [6, 6.07) is 7.12. The molecule has 2 bridgehead atoms. The Morgan fingerprint density at radius 2 is 2.04 bits per heavy atom. The molecule has 1 aromatic rings. The molecule has 4 atom stereocenters. The number of rotatable bonds is 4. The van der Waals surface area contributed by atoms with E-state index in [9.17, 15) is 9.59 Å². The van der Waals surface area contributed by atoms with Crippen molar-refractivity contribution in [2.45, 2.75) is 30.6 Å². The van der Waals surface area contributed by atoms with Crippen LogP contribution in [0.2, 0.25) is 5.02 Å². The van der Waals surface area contributed by atoms with Gasteiger partial charge in [0.05, 0.1) is 0 Å². The third-order valence-corrected chi connectivity index (χ3v) is 6.20. The number of nitrogens with zero attached hydrogens (tertiary/aromatic N) is 1. The highest BCUT2D eigenvalue weighted by Gasteiger charge is 2.38. The Labute approximate surface area is 149 Å². The molecule has 1 aromatic carbocycles. The van der Waals surface area contributed by atoms with Gasteiger partial charge in [-0.1, -0.05) is 35.5 Å². The van der Waals surface area contributed by atoms with Gasteiger partial charge in [-0.2, -0.15) is 4.99 Å². The van der Waals surface area contributed by atoms with Gasteiger partial charge in [-0.15, -0.1) is 0 Å². The van der Waals surface area contributed by atoms with Crippen LogP contribution in [0.15, 0.2) is 41.4 Å². The monoisotopic (exact) mass is 360 g/mol. The summed E-state index contributed by atoms with van der Waals surface area (Å²) in [5, 5.41) is 4.23. The molecule has 24 heavy (non-hydrogen) atoms. The first kappa shape index (κ1) is 15.9. The van der Waals surface area contributed by atoms with Gasteiger partial charge in [-0.3, -0.25) is 9.59 Å². The van der Waals surface area contributed by atoms with Crippen LogP contribution in [0.5, 0.6) is 0 Å². The van der Waals surface area contributed by atoms with Crippen molar-refractivity contribution in [2.75, 3.05) is 0 Å². The molecule has 6 heteroatoms. The maximum atomic E-state index is 12.3. The number of ketones is 1. The number of nitrogens with one attached hydrogen (secondary N) is 1. The number of hydrogen-bond donors (Lipinski definition) is 1. The molecular weight excluding hydrogens is 344 g/mol. The van der Waals surface area contributed by atoms with Crippen LogP contribution in [0.25, 0.3) is 0 Å². The fraction of sp³-hybridized carbons (Fsp3) is 0.389. The van der Waals surface area contributed by atoms with E-state index in [0.29, 0.717) is 33.6 Å². The van der Waals surface area contributed by atoms with Crippen LogP contribution < -0.4 is 5.32 Å². The van der Waals surface area contributed by atoms with Crippen LogP contribution >= 0.6 is 23.4 Å². The first-order valence-corrected chi connectivity index (χ1v) is 9.37. The molecule has 3 aliphatic rings.